The Morgan fingerprint density at radius 3 is 1.62 bits per heavy atom. The van der Waals surface area contributed by atoms with E-state index in [1.165, 1.54) is 0 Å². The van der Waals surface area contributed by atoms with Crippen LogP contribution in [-0.2, 0) is 0 Å². The molecule has 0 atom stereocenters. The van der Waals surface area contributed by atoms with E-state index in [1.54, 1.807) is 12.1 Å². The molecule has 0 saturated carbocycles. The van der Waals surface area contributed by atoms with E-state index in [4.69, 9.17) is 22.3 Å². The molecule has 4 nitrogen and oxygen atoms in total. The van der Waals surface area contributed by atoms with Crippen LogP contribution in [0.25, 0.3) is 10.8 Å². The standard InChI is InChI=1S/C12H12N4/c13-11(14)8-5-1-3-7-4-2-6-9(10(7)8)12(15)16/h1-6H,(H3,13,14)(H3,15,16). The summed E-state index contributed by atoms with van der Waals surface area (Å²) >= 11 is 0. The second-order valence-electron chi connectivity index (χ2n) is 3.54. The molecule has 16 heavy (non-hydrogen) atoms. The van der Waals surface area contributed by atoms with Crippen LogP contribution < -0.4 is 11.5 Å². The van der Waals surface area contributed by atoms with Gasteiger partial charge in [-0.2, -0.15) is 0 Å². The molecule has 6 N–H and O–H groups in total. The van der Waals surface area contributed by atoms with Crippen LogP contribution in [0.4, 0.5) is 0 Å². The first-order valence-electron chi connectivity index (χ1n) is 4.82. The van der Waals surface area contributed by atoms with E-state index in [1.807, 2.05) is 24.3 Å². The van der Waals surface area contributed by atoms with Crippen molar-refractivity contribution in [1.29, 1.82) is 10.8 Å². The summed E-state index contributed by atoms with van der Waals surface area (Å²) < 4.78 is 0. The van der Waals surface area contributed by atoms with E-state index in [9.17, 15) is 0 Å². The average Bonchev–Trinajstić information content (AvgIpc) is 2.27. The summed E-state index contributed by atoms with van der Waals surface area (Å²) in [5.74, 6) is -0.0291. The number of fused-ring (bicyclic) bond motifs is 1. The van der Waals surface area contributed by atoms with Crippen molar-refractivity contribution in [3.05, 3.63) is 47.5 Å². The molecule has 0 aliphatic heterocycles. The highest BCUT2D eigenvalue weighted by Crippen LogP contribution is 2.22. The minimum atomic E-state index is -0.0145. The summed E-state index contributed by atoms with van der Waals surface area (Å²) in [6.07, 6.45) is 0. The van der Waals surface area contributed by atoms with Gasteiger partial charge in [-0.15, -0.1) is 0 Å². The summed E-state index contributed by atoms with van der Waals surface area (Å²) in [6.45, 7) is 0. The van der Waals surface area contributed by atoms with Gasteiger partial charge in [0.15, 0.2) is 0 Å². The highest BCUT2D eigenvalue weighted by molar-refractivity contribution is 6.16. The van der Waals surface area contributed by atoms with Crippen molar-refractivity contribution in [3.8, 4) is 0 Å². The van der Waals surface area contributed by atoms with Crippen LogP contribution in [0, 0.1) is 10.8 Å². The van der Waals surface area contributed by atoms with Gasteiger partial charge < -0.3 is 11.5 Å². The van der Waals surface area contributed by atoms with Crippen LogP contribution in [0.2, 0.25) is 0 Å². The summed E-state index contributed by atoms with van der Waals surface area (Å²) in [7, 11) is 0. The Kier molecular flexibility index (Phi) is 2.32. The monoisotopic (exact) mass is 212 g/mol. The maximum Gasteiger partial charge on any atom is 0.123 e. The van der Waals surface area contributed by atoms with Gasteiger partial charge in [0.05, 0.1) is 0 Å². The number of amidine groups is 2. The lowest BCUT2D eigenvalue weighted by molar-refractivity contribution is 1.42. The largest absolute Gasteiger partial charge is 0.384 e. The third kappa shape index (κ3) is 1.50. The maximum absolute atomic E-state index is 7.52. The van der Waals surface area contributed by atoms with Gasteiger partial charge in [-0.25, -0.2) is 0 Å². The Hall–Kier alpha value is -2.36. The fourth-order valence-electron chi connectivity index (χ4n) is 1.79. The highest BCUT2D eigenvalue weighted by atomic mass is 14.7. The molecule has 2 aromatic carbocycles. The van der Waals surface area contributed by atoms with Crippen LogP contribution in [0.3, 0.4) is 0 Å². The zero-order valence-corrected chi connectivity index (χ0v) is 8.62. The molecule has 0 bridgehead atoms. The Balaban J connectivity index is 2.92. The number of hydrogen-bond donors (Lipinski definition) is 4. The normalized spacial score (nSPS) is 10.2. The number of nitrogens with one attached hydrogen (secondary N) is 2. The van der Waals surface area contributed by atoms with Gasteiger partial charge in [-0.1, -0.05) is 36.4 Å². The topological polar surface area (TPSA) is 99.7 Å². The summed E-state index contributed by atoms with van der Waals surface area (Å²) in [5.41, 5.74) is 12.3. The number of benzene rings is 2. The maximum atomic E-state index is 7.52. The second kappa shape index (κ2) is 3.66. The molecule has 0 heterocycles. The molecule has 80 valence electrons. The Morgan fingerprint density at radius 2 is 1.25 bits per heavy atom. The summed E-state index contributed by atoms with van der Waals surface area (Å²) in [6, 6.07) is 11.0. The highest BCUT2D eigenvalue weighted by Gasteiger charge is 2.09. The zero-order valence-electron chi connectivity index (χ0n) is 8.62. The minimum Gasteiger partial charge on any atom is -0.384 e. The zero-order chi connectivity index (χ0) is 11.7. The van der Waals surface area contributed by atoms with Crippen LogP contribution in [0.15, 0.2) is 36.4 Å². The lowest BCUT2D eigenvalue weighted by atomic mass is 9.98. The molecule has 2 rings (SSSR count). The van der Waals surface area contributed by atoms with E-state index >= 15 is 0 Å². The van der Waals surface area contributed by atoms with E-state index in [0.717, 1.165) is 10.8 Å². The fraction of sp³-hybridized carbons (Fsp3) is 0. The van der Waals surface area contributed by atoms with Gasteiger partial charge in [-0.05, 0) is 5.39 Å². The molecule has 0 amide bonds. The molecule has 2 aromatic rings. The van der Waals surface area contributed by atoms with Gasteiger partial charge in [0.2, 0.25) is 0 Å². The molecule has 0 aliphatic rings. The molecule has 0 saturated heterocycles. The van der Waals surface area contributed by atoms with Crippen molar-refractivity contribution in [2.75, 3.05) is 0 Å². The van der Waals surface area contributed by atoms with Crippen LogP contribution in [0.1, 0.15) is 11.1 Å². The number of rotatable bonds is 2. The SMILES string of the molecule is N=C(N)c1cccc2cccc(C(=N)N)c12. The smallest absolute Gasteiger partial charge is 0.123 e. The molecular weight excluding hydrogens is 200 g/mol. The van der Waals surface area contributed by atoms with Crippen molar-refractivity contribution in [2.24, 2.45) is 11.5 Å². The van der Waals surface area contributed by atoms with Crippen molar-refractivity contribution >= 4 is 22.4 Å². The molecule has 0 radical (unpaired) electrons. The molecule has 0 aromatic heterocycles. The summed E-state index contributed by atoms with van der Waals surface area (Å²) in [5, 5.41) is 16.7. The van der Waals surface area contributed by atoms with Gasteiger partial charge in [-0.3, -0.25) is 10.8 Å². The first-order chi connectivity index (χ1) is 7.61. The van der Waals surface area contributed by atoms with Crippen LogP contribution in [-0.4, -0.2) is 11.7 Å². The second-order valence-corrected chi connectivity index (χ2v) is 3.54. The first-order valence-corrected chi connectivity index (χ1v) is 4.82. The van der Waals surface area contributed by atoms with Crippen molar-refractivity contribution in [1.82, 2.24) is 0 Å². The van der Waals surface area contributed by atoms with Gasteiger partial charge in [0.1, 0.15) is 11.7 Å². The molecular formula is C12H12N4. The molecule has 0 unspecified atom stereocenters. The van der Waals surface area contributed by atoms with E-state index in [2.05, 4.69) is 0 Å². The van der Waals surface area contributed by atoms with Crippen LogP contribution >= 0.6 is 0 Å². The van der Waals surface area contributed by atoms with Gasteiger partial charge >= 0.3 is 0 Å². The van der Waals surface area contributed by atoms with Crippen molar-refractivity contribution in [3.63, 3.8) is 0 Å². The number of nitrogen functional groups attached to an aromatic ring is 2. The molecule has 0 aliphatic carbocycles. The summed E-state index contributed by atoms with van der Waals surface area (Å²) in [4.78, 5) is 0. The first kappa shape index (κ1) is 10.2. The Labute approximate surface area is 92.9 Å². The fourth-order valence-corrected chi connectivity index (χ4v) is 1.79. The molecule has 0 fully saturated rings. The predicted octanol–water partition coefficient (Wildman–Crippen LogP) is 1.41. The lowest BCUT2D eigenvalue weighted by Gasteiger charge is -2.09. The minimum absolute atomic E-state index is 0.0145. The Morgan fingerprint density at radius 1 is 0.812 bits per heavy atom. The Bertz CT molecular complexity index is 538. The van der Waals surface area contributed by atoms with Gasteiger partial charge in [0, 0.05) is 16.5 Å². The van der Waals surface area contributed by atoms with Crippen LogP contribution in [0.5, 0.6) is 0 Å². The number of hydrogen-bond acceptors (Lipinski definition) is 2. The predicted molar refractivity (Wildman–Crippen MR) is 66.0 cm³/mol. The van der Waals surface area contributed by atoms with E-state index < -0.39 is 0 Å². The molecule has 4 heteroatoms. The van der Waals surface area contributed by atoms with Gasteiger partial charge in [0.25, 0.3) is 0 Å². The van der Waals surface area contributed by atoms with E-state index in [-0.39, 0.29) is 11.7 Å². The quantitative estimate of drug-likeness (QED) is 0.447. The third-order valence-electron chi connectivity index (χ3n) is 2.49. The van der Waals surface area contributed by atoms with Crippen molar-refractivity contribution in [2.45, 2.75) is 0 Å². The molecule has 0 spiro atoms. The number of nitrogens with two attached hydrogens (primary N) is 2. The third-order valence-corrected chi connectivity index (χ3v) is 2.49. The van der Waals surface area contributed by atoms with E-state index in [0.29, 0.717) is 11.1 Å². The van der Waals surface area contributed by atoms with Crippen molar-refractivity contribution < 1.29 is 0 Å². The lowest BCUT2D eigenvalue weighted by Crippen LogP contribution is -2.16. The average molecular weight is 212 g/mol.